The molecule has 3 nitrogen and oxygen atoms in total. The summed E-state index contributed by atoms with van der Waals surface area (Å²) in [6, 6.07) is 9.72. The summed E-state index contributed by atoms with van der Waals surface area (Å²) in [6.07, 6.45) is 1.86. The lowest BCUT2D eigenvalue weighted by molar-refractivity contribution is 0.318. The van der Waals surface area contributed by atoms with Crippen LogP contribution in [0.2, 0.25) is 0 Å². The fraction of sp³-hybridized carbons (Fsp3) is 0.100. The Bertz CT molecular complexity index is 328. The number of oxime groups is 1. The first kappa shape index (κ1) is 9.32. The van der Waals surface area contributed by atoms with E-state index in [1.807, 2.05) is 36.4 Å². The number of benzene rings is 1. The zero-order valence-electron chi connectivity index (χ0n) is 7.44. The van der Waals surface area contributed by atoms with Crippen LogP contribution in [0.15, 0.2) is 41.1 Å². The van der Waals surface area contributed by atoms with Gasteiger partial charge in [-0.05, 0) is 24.1 Å². The number of hydrogen-bond donors (Lipinski definition) is 2. The minimum absolute atomic E-state index is 0.142. The molecule has 0 saturated heterocycles. The minimum Gasteiger partial charge on any atom is -0.409 e. The fourth-order valence-corrected chi connectivity index (χ4v) is 0.952. The van der Waals surface area contributed by atoms with Gasteiger partial charge < -0.3 is 10.9 Å². The second-order valence-electron chi connectivity index (χ2n) is 2.72. The molecule has 0 saturated carbocycles. The summed E-state index contributed by atoms with van der Waals surface area (Å²) in [5.74, 6) is 0.142. The molecule has 0 bridgehead atoms. The van der Waals surface area contributed by atoms with E-state index in [2.05, 4.69) is 5.16 Å². The highest BCUT2D eigenvalue weighted by Crippen LogP contribution is 2.05. The number of nitrogens with zero attached hydrogens (tertiary/aromatic N) is 1. The Hall–Kier alpha value is -1.77. The van der Waals surface area contributed by atoms with Crippen molar-refractivity contribution in [2.24, 2.45) is 10.9 Å². The van der Waals surface area contributed by atoms with E-state index >= 15 is 0 Å². The van der Waals surface area contributed by atoms with Crippen molar-refractivity contribution < 1.29 is 5.21 Å². The molecule has 1 rings (SSSR count). The minimum atomic E-state index is 0.142. The number of nitrogens with two attached hydrogens (primary N) is 1. The summed E-state index contributed by atoms with van der Waals surface area (Å²) < 4.78 is 0. The zero-order chi connectivity index (χ0) is 9.68. The van der Waals surface area contributed by atoms with Crippen LogP contribution in [-0.4, -0.2) is 11.0 Å². The van der Waals surface area contributed by atoms with Gasteiger partial charge in [-0.1, -0.05) is 35.5 Å². The summed E-state index contributed by atoms with van der Waals surface area (Å²) in [5.41, 5.74) is 7.17. The fourth-order valence-electron chi connectivity index (χ4n) is 0.952. The van der Waals surface area contributed by atoms with Crippen LogP contribution in [0, 0.1) is 0 Å². The van der Waals surface area contributed by atoms with E-state index in [9.17, 15) is 0 Å². The average molecular weight is 176 g/mol. The largest absolute Gasteiger partial charge is 0.409 e. The smallest absolute Gasteiger partial charge is 0.165 e. The molecule has 0 spiro atoms. The Balaban J connectivity index is 2.89. The van der Waals surface area contributed by atoms with E-state index < -0.39 is 0 Å². The van der Waals surface area contributed by atoms with Crippen LogP contribution in [-0.2, 0) is 0 Å². The van der Waals surface area contributed by atoms with Gasteiger partial charge in [-0.2, -0.15) is 0 Å². The lowest BCUT2D eigenvalue weighted by atomic mass is 10.1. The SMILES string of the molecule is CC(=C\c1ccccc1)/C(N)=N/O. The molecule has 0 atom stereocenters. The van der Waals surface area contributed by atoms with Crippen molar-refractivity contribution >= 4 is 11.9 Å². The van der Waals surface area contributed by atoms with Gasteiger partial charge in [0, 0.05) is 0 Å². The third kappa shape index (κ3) is 2.63. The molecular formula is C10H12N2O. The van der Waals surface area contributed by atoms with Crippen molar-refractivity contribution in [1.29, 1.82) is 0 Å². The highest BCUT2D eigenvalue weighted by molar-refractivity contribution is 5.99. The molecule has 13 heavy (non-hydrogen) atoms. The van der Waals surface area contributed by atoms with Gasteiger partial charge in [-0.25, -0.2) is 0 Å². The van der Waals surface area contributed by atoms with Crippen molar-refractivity contribution in [3.05, 3.63) is 41.5 Å². The first-order valence-electron chi connectivity index (χ1n) is 3.95. The highest BCUT2D eigenvalue weighted by Gasteiger charge is 1.95. The van der Waals surface area contributed by atoms with Crippen molar-refractivity contribution in [2.75, 3.05) is 0 Å². The molecule has 3 N–H and O–H groups in total. The second-order valence-corrected chi connectivity index (χ2v) is 2.72. The molecule has 0 aliphatic heterocycles. The molecule has 1 aromatic rings. The zero-order valence-corrected chi connectivity index (χ0v) is 7.44. The lowest BCUT2D eigenvalue weighted by Gasteiger charge is -1.97. The van der Waals surface area contributed by atoms with Gasteiger partial charge in [0.1, 0.15) is 0 Å². The Kier molecular flexibility index (Phi) is 3.09. The van der Waals surface area contributed by atoms with E-state index in [1.165, 1.54) is 0 Å². The van der Waals surface area contributed by atoms with Gasteiger partial charge in [0.15, 0.2) is 5.84 Å². The molecule has 1 aromatic carbocycles. The van der Waals surface area contributed by atoms with E-state index in [1.54, 1.807) is 6.92 Å². The first-order valence-corrected chi connectivity index (χ1v) is 3.95. The van der Waals surface area contributed by atoms with Crippen molar-refractivity contribution in [3.63, 3.8) is 0 Å². The van der Waals surface area contributed by atoms with Crippen LogP contribution >= 0.6 is 0 Å². The molecule has 0 unspecified atom stereocenters. The Morgan fingerprint density at radius 3 is 2.54 bits per heavy atom. The molecular weight excluding hydrogens is 164 g/mol. The third-order valence-corrected chi connectivity index (χ3v) is 1.69. The highest BCUT2D eigenvalue weighted by atomic mass is 16.4. The van der Waals surface area contributed by atoms with Gasteiger partial charge >= 0.3 is 0 Å². The van der Waals surface area contributed by atoms with Gasteiger partial charge in [0.2, 0.25) is 0 Å². The van der Waals surface area contributed by atoms with Crippen LogP contribution < -0.4 is 5.73 Å². The monoisotopic (exact) mass is 176 g/mol. The molecule has 0 aliphatic carbocycles. The molecule has 0 radical (unpaired) electrons. The average Bonchev–Trinajstić information content (AvgIpc) is 2.18. The van der Waals surface area contributed by atoms with Crippen molar-refractivity contribution in [1.82, 2.24) is 0 Å². The van der Waals surface area contributed by atoms with E-state index in [-0.39, 0.29) is 5.84 Å². The Labute approximate surface area is 77.2 Å². The van der Waals surface area contributed by atoms with E-state index in [0.717, 1.165) is 11.1 Å². The van der Waals surface area contributed by atoms with Gasteiger partial charge in [0.25, 0.3) is 0 Å². The van der Waals surface area contributed by atoms with Crippen molar-refractivity contribution in [3.8, 4) is 0 Å². The number of amidine groups is 1. The van der Waals surface area contributed by atoms with E-state index in [4.69, 9.17) is 10.9 Å². The predicted molar refractivity (Wildman–Crippen MR) is 53.5 cm³/mol. The maximum absolute atomic E-state index is 8.41. The Morgan fingerprint density at radius 2 is 2.00 bits per heavy atom. The summed E-state index contributed by atoms with van der Waals surface area (Å²) in [7, 11) is 0. The van der Waals surface area contributed by atoms with Crippen LogP contribution in [0.3, 0.4) is 0 Å². The van der Waals surface area contributed by atoms with Gasteiger partial charge in [-0.3, -0.25) is 0 Å². The summed E-state index contributed by atoms with van der Waals surface area (Å²) in [4.78, 5) is 0. The third-order valence-electron chi connectivity index (χ3n) is 1.69. The molecule has 68 valence electrons. The molecule has 0 fully saturated rings. The van der Waals surface area contributed by atoms with Gasteiger partial charge in [0.05, 0.1) is 0 Å². The quantitative estimate of drug-likeness (QED) is 0.312. The molecule has 3 heteroatoms. The van der Waals surface area contributed by atoms with Crippen LogP contribution in [0.5, 0.6) is 0 Å². The van der Waals surface area contributed by atoms with Crippen LogP contribution in [0.4, 0.5) is 0 Å². The molecule has 0 heterocycles. The molecule has 0 amide bonds. The normalized spacial score (nSPS) is 13.0. The van der Waals surface area contributed by atoms with E-state index in [0.29, 0.717) is 0 Å². The van der Waals surface area contributed by atoms with Crippen molar-refractivity contribution in [2.45, 2.75) is 6.92 Å². The molecule has 0 aromatic heterocycles. The molecule has 0 aliphatic rings. The summed E-state index contributed by atoms with van der Waals surface area (Å²) in [6.45, 7) is 1.79. The predicted octanol–water partition coefficient (Wildman–Crippen LogP) is 1.84. The lowest BCUT2D eigenvalue weighted by Crippen LogP contribution is -2.12. The van der Waals surface area contributed by atoms with Crippen LogP contribution in [0.1, 0.15) is 12.5 Å². The standard InChI is InChI=1S/C10H12N2O/c1-8(10(11)12-13)7-9-5-3-2-4-6-9/h2-7,13H,1H3,(H2,11,12)/b8-7+. The maximum Gasteiger partial charge on any atom is 0.165 e. The topological polar surface area (TPSA) is 58.6 Å². The Morgan fingerprint density at radius 1 is 1.38 bits per heavy atom. The summed E-state index contributed by atoms with van der Waals surface area (Å²) in [5, 5.41) is 11.3. The first-order chi connectivity index (χ1) is 6.24. The maximum atomic E-state index is 8.41. The van der Waals surface area contributed by atoms with Crippen LogP contribution in [0.25, 0.3) is 6.08 Å². The summed E-state index contributed by atoms with van der Waals surface area (Å²) >= 11 is 0. The number of hydrogen-bond acceptors (Lipinski definition) is 2. The second kappa shape index (κ2) is 4.30. The van der Waals surface area contributed by atoms with Gasteiger partial charge in [-0.15, -0.1) is 0 Å². The number of rotatable bonds is 2.